The van der Waals surface area contributed by atoms with Crippen LogP contribution in [0.4, 0.5) is 17.1 Å². The lowest BCUT2D eigenvalue weighted by Gasteiger charge is -2.28. The van der Waals surface area contributed by atoms with Crippen LogP contribution in [-0.2, 0) is 0 Å². The topological polar surface area (TPSA) is 21.3 Å². The Morgan fingerprint density at radius 3 is 1.65 bits per heavy atom. The second kappa shape index (κ2) is 11.9. The van der Waals surface area contributed by atoms with Crippen LogP contribution in [0.5, 0.6) is 0 Å². The van der Waals surface area contributed by atoms with Gasteiger partial charge in [-0.3, -0.25) is 0 Å². The normalized spacial score (nSPS) is 11.5. The molecule has 0 bridgehead atoms. The van der Waals surface area contributed by atoms with Crippen molar-refractivity contribution in [1.29, 1.82) is 0 Å². The Morgan fingerprint density at radius 1 is 0.373 bits per heavy atom. The highest BCUT2D eigenvalue weighted by Crippen LogP contribution is 2.43. The van der Waals surface area contributed by atoms with E-state index in [9.17, 15) is 0 Å². The van der Waals surface area contributed by atoms with Gasteiger partial charge < -0.3 is 13.9 Å². The predicted octanol–water partition coefficient (Wildman–Crippen LogP) is 13.5. The second-order valence-corrected chi connectivity index (χ2v) is 13.0. The maximum atomic E-state index is 6.36. The summed E-state index contributed by atoms with van der Waals surface area (Å²) in [7, 11) is 0. The summed E-state index contributed by atoms with van der Waals surface area (Å²) in [5, 5.41) is 4.78. The van der Waals surface area contributed by atoms with E-state index in [4.69, 9.17) is 4.42 Å². The van der Waals surface area contributed by atoms with Gasteiger partial charge in [0.2, 0.25) is 0 Å². The summed E-state index contributed by atoms with van der Waals surface area (Å²) in [6.07, 6.45) is 0. The first-order chi connectivity index (χ1) is 25.3. The van der Waals surface area contributed by atoms with Gasteiger partial charge in [0.05, 0.1) is 16.7 Å². The summed E-state index contributed by atoms with van der Waals surface area (Å²) in [4.78, 5) is 2.34. The lowest BCUT2D eigenvalue weighted by molar-refractivity contribution is 0.669. The summed E-state index contributed by atoms with van der Waals surface area (Å²) < 4.78 is 8.72. The summed E-state index contributed by atoms with van der Waals surface area (Å²) >= 11 is 0. The number of hydrogen-bond acceptors (Lipinski definition) is 2. The number of fused-ring (bicyclic) bond motifs is 6. The molecular formula is C48H32N2O. The summed E-state index contributed by atoms with van der Waals surface area (Å²) in [5.74, 6) is 0. The molecule has 2 heterocycles. The highest BCUT2D eigenvalue weighted by molar-refractivity contribution is 6.09. The lowest BCUT2D eigenvalue weighted by Crippen LogP contribution is -2.11. The van der Waals surface area contributed by atoms with Crippen molar-refractivity contribution in [1.82, 2.24) is 4.57 Å². The summed E-state index contributed by atoms with van der Waals surface area (Å²) in [6.45, 7) is 0. The minimum atomic E-state index is 0.871. The molecule has 0 saturated heterocycles. The quantitative estimate of drug-likeness (QED) is 0.178. The van der Waals surface area contributed by atoms with Crippen LogP contribution in [0.2, 0.25) is 0 Å². The van der Waals surface area contributed by atoms with Crippen molar-refractivity contribution in [2.45, 2.75) is 0 Å². The fourth-order valence-corrected chi connectivity index (χ4v) is 7.62. The molecule has 0 aliphatic carbocycles. The van der Waals surface area contributed by atoms with Gasteiger partial charge in [0, 0.05) is 50.2 Å². The average Bonchev–Trinajstić information content (AvgIpc) is 3.74. The second-order valence-electron chi connectivity index (χ2n) is 13.0. The van der Waals surface area contributed by atoms with Gasteiger partial charge >= 0.3 is 0 Å². The van der Waals surface area contributed by atoms with Crippen molar-refractivity contribution < 1.29 is 4.42 Å². The van der Waals surface area contributed by atoms with E-state index in [2.05, 4.69) is 191 Å². The number of aromatic nitrogens is 1. The van der Waals surface area contributed by atoms with E-state index in [1.165, 1.54) is 32.9 Å². The van der Waals surface area contributed by atoms with Gasteiger partial charge in [-0.05, 0) is 77.4 Å². The van der Waals surface area contributed by atoms with Crippen LogP contribution < -0.4 is 4.90 Å². The molecule has 0 amide bonds. The predicted molar refractivity (Wildman–Crippen MR) is 214 cm³/mol. The van der Waals surface area contributed by atoms with E-state index in [1.54, 1.807) is 0 Å². The third kappa shape index (κ3) is 4.90. The first-order valence-corrected chi connectivity index (χ1v) is 17.4. The van der Waals surface area contributed by atoms with Crippen molar-refractivity contribution >= 4 is 60.8 Å². The zero-order valence-electron chi connectivity index (χ0n) is 27.8. The van der Waals surface area contributed by atoms with E-state index in [1.807, 2.05) is 12.1 Å². The smallest absolute Gasteiger partial charge is 0.137 e. The number of hydrogen-bond donors (Lipinski definition) is 0. The van der Waals surface area contributed by atoms with Crippen LogP contribution in [0, 0.1) is 0 Å². The molecule has 3 nitrogen and oxygen atoms in total. The molecule has 10 aromatic rings. The van der Waals surface area contributed by atoms with E-state index in [-0.39, 0.29) is 0 Å². The van der Waals surface area contributed by atoms with Gasteiger partial charge in [0.25, 0.3) is 0 Å². The molecule has 0 fully saturated rings. The molecule has 10 rings (SSSR count). The fraction of sp³-hybridized carbons (Fsp3) is 0. The molecule has 2 aromatic heterocycles. The Bertz CT molecular complexity index is 2790. The first kappa shape index (κ1) is 29.1. The van der Waals surface area contributed by atoms with Gasteiger partial charge in [-0.2, -0.15) is 0 Å². The minimum Gasteiger partial charge on any atom is -0.456 e. The molecule has 0 radical (unpaired) electrons. The molecule has 0 unspecified atom stereocenters. The van der Waals surface area contributed by atoms with Gasteiger partial charge in [0.1, 0.15) is 11.2 Å². The molecule has 0 aliphatic heterocycles. The molecular weight excluding hydrogens is 621 g/mol. The van der Waals surface area contributed by atoms with Crippen LogP contribution in [0.15, 0.2) is 199 Å². The Hall–Kier alpha value is -6.84. The summed E-state index contributed by atoms with van der Waals surface area (Å²) in [6, 6.07) is 69.1. The minimum absolute atomic E-state index is 0.871. The SMILES string of the molecule is c1ccc(-c2ccccc2N(c2ccc(-c3ccc(-n4c5ccccc5c5ccccc54)cc3)cc2)c2ccc3c(c2)oc2ccccc23)cc1. The maximum Gasteiger partial charge on any atom is 0.137 e. The van der Waals surface area contributed by atoms with Crippen molar-refractivity contribution in [3.05, 3.63) is 194 Å². The molecule has 8 aromatic carbocycles. The van der Waals surface area contributed by atoms with Gasteiger partial charge in [0.15, 0.2) is 0 Å². The van der Waals surface area contributed by atoms with Gasteiger partial charge in [-0.1, -0.05) is 127 Å². The van der Waals surface area contributed by atoms with Crippen molar-refractivity contribution in [2.75, 3.05) is 4.90 Å². The number of nitrogens with zero attached hydrogens (tertiary/aromatic N) is 2. The van der Waals surface area contributed by atoms with E-state index in [0.29, 0.717) is 0 Å². The third-order valence-corrected chi connectivity index (χ3v) is 10.0. The van der Waals surface area contributed by atoms with Crippen molar-refractivity contribution in [3.8, 4) is 27.9 Å². The van der Waals surface area contributed by atoms with Crippen LogP contribution >= 0.6 is 0 Å². The zero-order chi connectivity index (χ0) is 33.7. The average molecular weight is 653 g/mol. The Kier molecular flexibility index (Phi) is 6.81. The maximum absolute atomic E-state index is 6.36. The first-order valence-electron chi connectivity index (χ1n) is 17.4. The molecule has 0 atom stereocenters. The lowest BCUT2D eigenvalue weighted by atomic mass is 10.0. The van der Waals surface area contributed by atoms with E-state index in [0.717, 1.165) is 55.8 Å². The van der Waals surface area contributed by atoms with Crippen LogP contribution in [0.3, 0.4) is 0 Å². The van der Waals surface area contributed by atoms with Gasteiger partial charge in [-0.15, -0.1) is 0 Å². The number of rotatable bonds is 6. The molecule has 51 heavy (non-hydrogen) atoms. The molecule has 0 saturated carbocycles. The molecule has 3 heteroatoms. The summed E-state index contributed by atoms with van der Waals surface area (Å²) in [5.41, 5.74) is 13.2. The standard InChI is InChI=1S/C48H32N2O/c1-2-12-35(13-3-1)39-14-4-8-18-44(39)49(38-30-31-43-42-17-7-11-21-47(42)51-48(43)32-38)36-26-22-33(23-27-36)34-24-28-37(29-25-34)50-45-19-9-5-15-40(45)41-16-6-10-20-46(41)50/h1-32H. The number of furan rings is 1. The molecule has 0 N–H and O–H groups in total. The van der Waals surface area contributed by atoms with E-state index < -0.39 is 0 Å². The Balaban J connectivity index is 1.06. The third-order valence-electron chi connectivity index (χ3n) is 10.0. The zero-order valence-corrected chi connectivity index (χ0v) is 27.8. The highest BCUT2D eigenvalue weighted by Gasteiger charge is 2.19. The number of benzene rings is 8. The Morgan fingerprint density at radius 2 is 0.922 bits per heavy atom. The highest BCUT2D eigenvalue weighted by atomic mass is 16.3. The van der Waals surface area contributed by atoms with Crippen molar-refractivity contribution in [3.63, 3.8) is 0 Å². The number of anilines is 3. The number of para-hydroxylation sites is 4. The van der Waals surface area contributed by atoms with Crippen LogP contribution in [0.1, 0.15) is 0 Å². The largest absolute Gasteiger partial charge is 0.456 e. The molecule has 0 aliphatic rings. The van der Waals surface area contributed by atoms with Gasteiger partial charge in [-0.25, -0.2) is 0 Å². The van der Waals surface area contributed by atoms with Crippen LogP contribution in [-0.4, -0.2) is 4.57 Å². The Labute approximate surface area is 295 Å². The van der Waals surface area contributed by atoms with Crippen molar-refractivity contribution in [2.24, 2.45) is 0 Å². The fourth-order valence-electron chi connectivity index (χ4n) is 7.62. The van der Waals surface area contributed by atoms with Crippen LogP contribution in [0.25, 0.3) is 71.7 Å². The monoisotopic (exact) mass is 652 g/mol. The molecule has 240 valence electrons. The van der Waals surface area contributed by atoms with E-state index >= 15 is 0 Å². The molecule has 0 spiro atoms.